The van der Waals surface area contributed by atoms with E-state index in [1.807, 2.05) is 18.2 Å². The number of nitrogens with zero attached hydrogens (tertiary/aromatic N) is 4. The van der Waals surface area contributed by atoms with Gasteiger partial charge in [0, 0.05) is 64.5 Å². The fraction of sp³-hybridized carbons (Fsp3) is 0.421. The van der Waals surface area contributed by atoms with E-state index in [1.165, 1.54) is 22.9 Å². The molecule has 284 valence electrons. The molecule has 1 aromatic heterocycles. The van der Waals surface area contributed by atoms with Gasteiger partial charge in [0.2, 0.25) is 5.88 Å². The maximum atomic E-state index is 15.0. The Morgan fingerprint density at radius 1 is 0.943 bits per heavy atom. The van der Waals surface area contributed by atoms with E-state index in [2.05, 4.69) is 41.5 Å². The summed E-state index contributed by atoms with van der Waals surface area (Å²) >= 11 is 3.52. The van der Waals surface area contributed by atoms with E-state index in [0.717, 1.165) is 37.7 Å². The first-order chi connectivity index (χ1) is 25.6. The Morgan fingerprint density at radius 2 is 1.66 bits per heavy atom. The first-order valence-corrected chi connectivity index (χ1v) is 18.3. The molecular weight excluding hydrogens is 757 g/mol. The number of halogens is 4. The van der Waals surface area contributed by atoms with Crippen LogP contribution in [0.2, 0.25) is 0 Å². The summed E-state index contributed by atoms with van der Waals surface area (Å²) in [7, 11) is 3.27. The standard InChI is InChI=1S/C38H44BrF3N6O5/c1-51-14-12-46-11-10-25(20-46)24-8-9-32(42)30(18-24)34(49)23-53-37-35(39)36(48(45-37)29-6-4-3-5-7-29)44-38(50)43-33-22-47(13-15-52-2)21-31(33)26-16-27(40)19-28(41)17-26/h3-9,16-19,25,31,33-34,49H,10-15,20-23H2,1-2H3,(H2,43,44,50)/t25-,31-,33+,34-/m0/s1. The van der Waals surface area contributed by atoms with Crippen molar-refractivity contribution in [3.63, 3.8) is 0 Å². The summed E-state index contributed by atoms with van der Waals surface area (Å²) in [4.78, 5) is 18.0. The van der Waals surface area contributed by atoms with E-state index in [-0.39, 0.29) is 34.3 Å². The predicted octanol–water partition coefficient (Wildman–Crippen LogP) is 5.84. The number of rotatable bonds is 15. The minimum absolute atomic E-state index is 0.0593. The molecule has 2 aliphatic rings. The number of nitrogens with one attached hydrogen (secondary N) is 2. The normalized spacial score (nSPS) is 19.8. The van der Waals surface area contributed by atoms with E-state index in [1.54, 1.807) is 38.5 Å². The number of carbonyl (C=O) groups excluding carboxylic acids is 1. The summed E-state index contributed by atoms with van der Waals surface area (Å²) in [6, 6.07) is 16.2. The molecule has 0 saturated carbocycles. The molecule has 11 nitrogen and oxygen atoms in total. The van der Waals surface area contributed by atoms with Crippen molar-refractivity contribution in [1.82, 2.24) is 24.9 Å². The molecule has 2 saturated heterocycles. The molecule has 4 aromatic rings. The molecular formula is C38H44BrF3N6O5. The highest BCUT2D eigenvalue weighted by Crippen LogP contribution is 2.36. The van der Waals surface area contributed by atoms with Crippen LogP contribution in [0, 0.1) is 17.5 Å². The second-order valence-electron chi connectivity index (χ2n) is 13.4. The van der Waals surface area contributed by atoms with Gasteiger partial charge < -0.3 is 29.5 Å². The monoisotopic (exact) mass is 800 g/mol. The van der Waals surface area contributed by atoms with E-state index >= 15 is 4.39 Å². The van der Waals surface area contributed by atoms with Gasteiger partial charge >= 0.3 is 6.03 Å². The van der Waals surface area contributed by atoms with Crippen LogP contribution in [0.5, 0.6) is 5.88 Å². The number of ether oxygens (including phenoxy) is 3. The predicted molar refractivity (Wildman–Crippen MR) is 197 cm³/mol. The molecule has 6 rings (SSSR count). The van der Waals surface area contributed by atoms with Crippen LogP contribution >= 0.6 is 15.9 Å². The number of anilines is 1. The molecule has 15 heteroatoms. The molecule has 4 atom stereocenters. The molecule has 3 aromatic carbocycles. The highest BCUT2D eigenvalue weighted by Gasteiger charge is 2.36. The SMILES string of the molecule is COCCN1CC[C@H](c2ccc(F)c([C@@H](O)COc3nn(-c4ccccc4)c(NC(=O)N[C@@H]4CN(CCOC)C[C@H]4c4cc(F)cc(F)c4)c3Br)c2)C1. The maximum absolute atomic E-state index is 15.0. The van der Waals surface area contributed by atoms with Gasteiger partial charge in [-0.15, -0.1) is 5.10 Å². The van der Waals surface area contributed by atoms with Crippen molar-refractivity contribution in [3.8, 4) is 11.6 Å². The molecule has 0 bridgehead atoms. The van der Waals surface area contributed by atoms with Gasteiger partial charge in [-0.05, 0) is 82.3 Å². The quantitative estimate of drug-likeness (QED) is 0.138. The minimum Gasteiger partial charge on any atom is -0.473 e. The Balaban J connectivity index is 1.18. The van der Waals surface area contributed by atoms with Gasteiger partial charge in [-0.25, -0.2) is 22.6 Å². The third kappa shape index (κ3) is 9.58. The molecule has 3 heterocycles. The van der Waals surface area contributed by atoms with Gasteiger partial charge in [-0.2, -0.15) is 0 Å². The highest BCUT2D eigenvalue weighted by molar-refractivity contribution is 9.10. The van der Waals surface area contributed by atoms with Gasteiger partial charge in [-0.3, -0.25) is 10.2 Å². The van der Waals surface area contributed by atoms with Crippen molar-refractivity contribution >= 4 is 27.8 Å². The van der Waals surface area contributed by atoms with Crippen molar-refractivity contribution < 1.29 is 37.3 Å². The summed E-state index contributed by atoms with van der Waals surface area (Å²) in [5.41, 5.74) is 2.11. The number of urea groups is 1. The topological polar surface area (TPSA) is 113 Å². The zero-order chi connectivity index (χ0) is 37.5. The van der Waals surface area contributed by atoms with Crippen LogP contribution in [0.4, 0.5) is 23.8 Å². The van der Waals surface area contributed by atoms with E-state index in [0.29, 0.717) is 44.1 Å². The molecule has 53 heavy (non-hydrogen) atoms. The molecule has 0 radical (unpaired) electrons. The average molecular weight is 802 g/mol. The number of aliphatic hydroxyl groups excluding tert-OH is 1. The lowest BCUT2D eigenvalue weighted by atomic mass is 9.94. The number of carbonyl (C=O) groups is 1. The zero-order valence-corrected chi connectivity index (χ0v) is 31.2. The first-order valence-electron chi connectivity index (χ1n) is 17.5. The Hall–Kier alpha value is -3.99. The van der Waals surface area contributed by atoms with E-state index in [4.69, 9.17) is 14.2 Å². The fourth-order valence-electron chi connectivity index (χ4n) is 7.06. The Kier molecular flexibility index (Phi) is 13.1. The summed E-state index contributed by atoms with van der Waals surface area (Å²) in [5.74, 6) is -1.83. The van der Waals surface area contributed by atoms with Gasteiger partial charge in [0.1, 0.15) is 34.6 Å². The molecule has 2 aliphatic heterocycles. The highest BCUT2D eigenvalue weighted by atomic mass is 79.9. The number of para-hydroxylation sites is 1. The Labute approximate surface area is 315 Å². The van der Waals surface area contributed by atoms with Crippen molar-refractivity contribution in [3.05, 3.63) is 105 Å². The number of aromatic nitrogens is 2. The van der Waals surface area contributed by atoms with Crippen molar-refractivity contribution in [2.75, 3.05) is 78.6 Å². The number of amides is 2. The number of methoxy groups -OCH3 is 2. The van der Waals surface area contributed by atoms with Gasteiger partial charge in [0.25, 0.3) is 0 Å². The second kappa shape index (κ2) is 17.9. The maximum Gasteiger partial charge on any atom is 0.320 e. The first kappa shape index (κ1) is 38.7. The van der Waals surface area contributed by atoms with Crippen LogP contribution in [0.1, 0.15) is 41.1 Å². The van der Waals surface area contributed by atoms with Crippen molar-refractivity contribution in [1.29, 1.82) is 0 Å². The van der Waals surface area contributed by atoms with Crippen LogP contribution in [-0.4, -0.2) is 110 Å². The lowest BCUT2D eigenvalue weighted by Crippen LogP contribution is -2.42. The second-order valence-corrected chi connectivity index (χ2v) is 14.2. The largest absolute Gasteiger partial charge is 0.473 e. The van der Waals surface area contributed by atoms with E-state index < -0.39 is 41.5 Å². The Morgan fingerprint density at radius 3 is 2.38 bits per heavy atom. The third-order valence-electron chi connectivity index (χ3n) is 9.78. The van der Waals surface area contributed by atoms with Crippen LogP contribution < -0.4 is 15.4 Å². The van der Waals surface area contributed by atoms with E-state index in [9.17, 15) is 18.7 Å². The van der Waals surface area contributed by atoms with Crippen LogP contribution in [0.25, 0.3) is 5.69 Å². The minimum atomic E-state index is -1.30. The summed E-state index contributed by atoms with van der Waals surface area (Å²) in [6.45, 7) is 4.81. The number of aliphatic hydroxyl groups is 1. The molecule has 3 N–H and O–H groups in total. The van der Waals surface area contributed by atoms with Gasteiger partial charge in [0.15, 0.2) is 5.82 Å². The molecule has 0 aliphatic carbocycles. The molecule has 2 fully saturated rings. The lowest BCUT2D eigenvalue weighted by Gasteiger charge is -2.21. The summed E-state index contributed by atoms with van der Waals surface area (Å²) in [5, 5.41) is 21.6. The third-order valence-corrected chi connectivity index (χ3v) is 10.5. The van der Waals surface area contributed by atoms with Gasteiger partial charge in [0.05, 0.1) is 24.9 Å². The number of benzene rings is 3. The number of hydrogen-bond acceptors (Lipinski definition) is 8. The van der Waals surface area contributed by atoms with Crippen LogP contribution in [0.15, 0.2) is 71.2 Å². The molecule has 0 spiro atoms. The van der Waals surface area contributed by atoms with Crippen molar-refractivity contribution in [2.45, 2.75) is 30.4 Å². The lowest BCUT2D eigenvalue weighted by molar-refractivity contribution is 0.101. The average Bonchev–Trinajstić information content (AvgIpc) is 3.86. The van der Waals surface area contributed by atoms with Crippen LogP contribution in [-0.2, 0) is 9.47 Å². The number of hydrogen-bond donors (Lipinski definition) is 3. The van der Waals surface area contributed by atoms with Crippen LogP contribution in [0.3, 0.4) is 0 Å². The smallest absolute Gasteiger partial charge is 0.320 e. The summed E-state index contributed by atoms with van der Waals surface area (Å²) in [6.07, 6.45) is -0.381. The molecule has 2 amide bonds. The fourth-order valence-corrected chi connectivity index (χ4v) is 7.52. The summed E-state index contributed by atoms with van der Waals surface area (Å²) < 4.78 is 61.7. The Bertz CT molecular complexity index is 1830. The van der Waals surface area contributed by atoms with Crippen molar-refractivity contribution in [2.24, 2.45) is 0 Å². The zero-order valence-electron chi connectivity index (χ0n) is 29.6. The van der Waals surface area contributed by atoms with Gasteiger partial charge in [-0.1, -0.05) is 24.3 Å². The number of likely N-dealkylation sites (tertiary alicyclic amines) is 2. The molecule has 0 unspecified atom stereocenters.